The first kappa shape index (κ1) is 12.8. The summed E-state index contributed by atoms with van der Waals surface area (Å²) in [5.41, 5.74) is -0.0401. The van der Waals surface area contributed by atoms with Crippen LogP contribution in [0, 0.1) is 0 Å². The number of likely N-dealkylation sites (N-methyl/N-ethyl adjacent to an activating group) is 1. The van der Waals surface area contributed by atoms with E-state index in [0.29, 0.717) is 6.54 Å². The summed E-state index contributed by atoms with van der Waals surface area (Å²) in [7, 11) is 3.93. The van der Waals surface area contributed by atoms with E-state index in [1.165, 1.54) is 0 Å². The molecule has 1 saturated carbocycles. The maximum absolute atomic E-state index is 11.6. The van der Waals surface area contributed by atoms with Crippen LogP contribution in [0.1, 0.15) is 12.8 Å². The zero-order valence-electron chi connectivity index (χ0n) is 10.8. The van der Waals surface area contributed by atoms with Crippen LogP contribution >= 0.6 is 0 Å². The fourth-order valence-corrected chi connectivity index (χ4v) is 1.77. The van der Waals surface area contributed by atoms with Gasteiger partial charge in [0.2, 0.25) is 5.91 Å². The first-order valence-corrected chi connectivity index (χ1v) is 6.08. The summed E-state index contributed by atoms with van der Waals surface area (Å²) in [6, 6.07) is 0. The van der Waals surface area contributed by atoms with Crippen molar-refractivity contribution in [3.63, 3.8) is 0 Å². The van der Waals surface area contributed by atoms with Crippen LogP contribution in [0.15, 0.2) is 24.5 Å². The molecule has 1 aromatic heterocycles. The van der Waals surface area contributed by atoms with E-state index >= 15 is 0 Å². The highest BCUT2D eigenvalue weighted by molar-refractivity contribution is 5.87. The van der Waals surface area contributed by atoms with Crippen molar-refractivity contribution in [3.05, 3.63) is 24.5 Å². The van der Waals surface area contributed by atoms with Gasteiger partial charge in [0.1, 0.15) is 0 Å². The maximum Gasteiger partial charge on any atom is 0.243 e. The van der Waals surface area contributed by atoms with Crippen molar-refractivity contribution < 1.29 is 4.79 Å². The fourth-order valence-electron chi connectivity index (χ4n) is 1.77. The lowest BCUT2D eigenvalue weighted by Gasteiger charge is -2.15. The van der Waals surface area contributed by atoms with Gasteiger partial charge in [0.15, 0.2) is 0 Å². The Morgan fingerprint density at radius 2 is 2.33 bits per heavy atom. The first-order chi connectivity index (χ1) is 8.62. The number of nitrogens with zero attached hydrogens (tertiary/aromatic N) is 4. The molecule has 0 unspecified atom stereocenters. The van der Waals surface area contributed by atoms with Crippen molar-refractivity contribution in [1.82, 2.24) is 25.2 Å². The second kappa shape index (κ2) is 5.30. The highest BCUT2D eigenvalue weighted by atomic mass is 16.1. The van der Waals surface area contributed by atoms with E-state index in [1.807, 2.05) is 35.9 Å². The van der Waals surface area contributed by atoms with Crippen LogP contribution in [0.2, 0.25) is 0 Å². The Balaban J connectivity index is 1.78. The third-order valence-electron chi connectivity index (χ3n) is 3.07. The Hall–Kier alpha value is -1.69. The van der Waals surface area contributed by atoms with E-state index in [0.717, 1.165) is 19.4 Å². The predicted octanol–water partition coefficient (Wildman–Crippen LogP) is 0.00120. The molecule has 1 amide bonds. The highest BCUT2D eigenvalue weighted by Crippen LogP contribution is 2.41. The second-order valence-electron chi connectivity index (χ2n) is 4.95. The molecule has 2 rings (SSSR count). The smallest absolute Gasteiger partial charge is 0.243 e. The van der Waals surface area contributed by atoms with Gasteiger partial charge in [-0.3, -0.25) is 4.79 Å². The molecule has 0 radical (unpaired) electrons. The van der Waals surface area contributed by atoms with E-state index < -0.39 is 0 Å². The SMILES string of the molecule is CN(C)C/C=C/C(=O)NCC1(n2ccnn2)CC1. The summed E-state index contributed by atoms with van der Waals surface area (Å²) >= 11 is 0. The van der Waals surface area contributed by atoms with Crippen LogP contribution in [0.4, 0.5) is 0 Å². The van der Waals surface area contributed by atoms with Gasteiger partial charge < -0.3 is 10.2 Å². The summed E-state index contributed by atoms with van der Waals surface area (Å²) in [6.07, 6.45) is 9.03. The monoisotopic (exact) mass is 249 g/mol. The van der Waals surface area contributed by atoms with E-state index in [1.54, 1.807) is 12.3 Å². The topological polar surface area (TPSA) is 63.1 Å². The van der Waals surface area contributed by atoms with Gasteiger partial charge >= 0.3 is 0 Å². The molecule has 6 heteroatoms. The Labute approximate surface area is 107 Å². The summed E-state index contributed by atoms with van der Waals surface area (Å²) in [5.74, 6) is -0.0526. The van der Waals surface area contributed by atoms with Crippen molar-refractivity contribution in [2.75, 3.05) is 27.2 Å². The zero-order valence-corrected chi connectivity index (χ0v) is 10.8. The number of amides is 1. The van der Waals surface area contributed by atoms with Crippen molar-refractivity contribution in [2.24, 2.45) is 0 Å². The maximum atomic E-state index is 11.6. The van der Waals surface area contributed by atoms with Gasteiger partial charge in [0.05, 0.1) is 11.7 Å². The standard InChI is InChI=1S/C12H19N5O/c1-16(2)8-3-4-11(18)13-10-12(5-6-12)17-9-7-14-15-17/h3-4,7,9H,5-6,8,10H2,1-2H3,(H,13,18)/b4-3+. The number of nitrogens with one attached hydrogen (secondary N) is 1. The van der Waals surface area contributed by atoms with Gasteiger partial charge in [-0.15, -0.1) is 5.10 Å². The molecule has 0 aliphatic heterocycles. The molecule has 0 spiro atoms. The van der Waals surface area contributed by atoms with Gasteiger partial charge in [-0.1, -0.05) is 11.3 Å². The van der Waals surface area contributed by atoms with Gasteiger partial charge in [0, 0.05) is 25.4 Å². The third kappa shape index (κ3) is 3.16. The largest absolute Gasteiger partial charge is 0.350 e. The minimum absolute atomic E-state index is 0.0401. The molecule has 18 heavy (non-hydrogen) atoms. The van der Waals surface area contributed by atoms with E-state index in [9.17, 15) is 4.79 Å². The Morgan fingerprint density at radius 1 is 1.56 bits per heavy atom. The molecule has 1 aliphatic rings. The fraction of sp³-hybridized carbons (Fsp3) is 0.583. The first-order valence-electron chi connectivity index (χ1n) is 6.08. The molecular formula is C12H19N5O. The molecule has 1 fully saturated rings. The average molecular weight is 249 g/mol. The van der Waals surface area contributed by atoms with Crippen molar-refractivity contribution >= 4 is 5.91 Å². The van der Waals surface area contributed by atoms with Gasteiger partial charge in [-0.2, -0.15) is 0 Å². The molecule has 1 heterocycles. The lowest BCUT2D eigenvalue weighted by Crippen LogP contribution is -2.35. The quantitative estimate of drug-likeness (QED) is 0.721. The number of hydrogen-bond acceptors (Lipinski definition) is 4. The predicted molar refractivity (Wildman–Crippen MR) is 67.9 cm³/mol. The number of aromatic nitrogens is 3. The Kier molecular flexibility index (Phi) is 3.76. The number of rotatable bonds is 6. The van der Waals surface area contributed by atoms with Crippen molar-refractivity contribution in [1.29, 1.82) is 0 Å². The molecule has 1 N–H and O–H groups in total. The molecule has 0 atom stereocenters. The van der Waals surface area contributed by atoms with Crippen LogP contribution < -0.4 is 5.32 Å². The molecule has 98 valence electrons. The van der Waals surface area contributed by atoms with Crippen LogP contribution in [0.25, 0.3) is 0 Å². The zero-order chi connectivity index (χ0) is 13.0. The van der Waals surface area contributed by atoms with Gasteiger partial charge in [-0.25, -0.2) is 4.68 Å². The molecule has 0 saturated heterocycles. The summed E-state index contributed by atoms with van der Waals surface area (Å²) in [4.78, 5) is 13.6. The number of carbonyl (C=O) groups is 1. The molecule has 0 aromatic carbocycles. The summed E-state index contributed by atoms with van der Waals surface area (Å²) < 4.78 is 1.84. The van der Waals surface area contributed by atoms with Crippen LogP contribution in [0.5, 0.6) is 0 Å². The number of carbonyl (C=O) groups excluding carboxylic acids is 1. The molecule has 1 aromatic rings. The van der Waals surface area contributed by atoms with Gasteiger partial charge in [0.25, 0.3) is 0 Å². The third-order valence-corrected chi connectivity index (χ3v) is 3.07. The minimum Gasteiger partial charge on any atom is -0.350 e. The normalized spacial score (nSPS) is 17.3. The Bertz CT molecular complexity index is 420. The average Bonchev–Trinajstić information content (AvgIpc) is 2.90. The van der Waals surface area contributed by atoms with E-state index in [-0.39, 0.29) is 11.4 Å². The molecule has 0 bridgehead atoms. The number of hydrogen-bond donors (Lipinski definition) is 1. The highest BCUT2D eigenvalue weighted by Gasteiger charge is 2.45. The summed E-state index contributed by atoms with van der Waals surface area (Å²) in [6.45, 7) is 1.38. The second-order valence-corrected chi connectivity index (χ2v) is 4.95. The van der Waals surface area contributed by atoms with E-state index in [2.05, 4.69) is 15.6 Å². The summed E-state index contributed by atoms with van der Waals surface area (Å²) in [5, 5.41) is 10.7. The lowest BCUT2D eigenvalue weighted by molar-refractivity contribution is -0.116. The van der Waals surface area contributed by atoms with Crippen LogP contribution in [-0.4, -0.2) is 53.0 Å². The van der Waals surface area contributed by atoms with Crippen LogP contribution in [0.3, 0.4) is 0 Å². The van der Waals surface area contributed by atoms with Crippen LogP contribution in [-0.2, 0) is 10.3 Å². The minimum atomic E-state index is -0.0526. The molecule has 6 nitrogen and oxygen atoms in total. The molecular weight excluding hydrogens is 230 g/mol. The Morgan fingerprint density at radius 3 is 2.89 bits per heavy atom. The van der Waals surface area contributed by atoms with E-state index in [4.69, 9.17) is 0 Å². The van der Waals surface area contributed by atoms with Crippen molar-refractivity contribution in [3.8, 4) is 0 Å². The van der Waals surface area contributed by atoms with Crippen molar-refractivity contribution in [2.45, 2.75) is 18.4 Å². The lowest BCUT2D eigenvalue weighted by atomic mass is 10.2. The van der Waals surface area contributed by atoms with Gasteiger partial charge in [-0.05, 0) is 26.9 Å². The molecule has 1 aliphatic carbocycles.